The molecule has 0 amide bonds. The molecule has 0 saturated carbocycles. The maximum Gasteiger partial charge on any atom is 0.0178 e. The zero-order chi connectivity index (χ0) is 17.9. The van der Waals surface area contributed by atoms with Gasteiger partial charge in [-0.3, -0.25) is 0 Å². The van der Waals surface area contributed by atoms with Crippen molar-refractivity contribution in [3.05, 3.63) is 99.6 Å². The van der Waals surface area contributed by atoms with Gasteiger partial charge in [0.15, 0.2) is 0 Å². The van der Waals surface area contributed by atoms with Gasteiger partial charge in [-0.15, -0.1) is 0 Å². The van der Waals surface area contributed by atoms with Gasteiger partial charge in [-0.05, 0) is 63.6 Å². The molecule has 3 aliphatic rings. The van der Waals surface area contributed by atoms with E-state index < -0.39 is 0 Å². The van der Waals surface area contributed by atoms with E-state index in [9.17, 15) is 0 Å². The highest BCUT2D eigenvalue weighted by Crippen LogP contribution is 2.50. The Balaban J connectivity index is 1.60. The molecular formula is C25H21Br. The largest absolute Gasteiger partial charge is 0.0767 e. The van der Waals surface area contributed by atoms with Crippen molar-refractivity contribution in [2.24, 2.45) is 5.92 Å². The number of rotatable bonds is 1. The second-order valence-corrected chi connectivity index (χ2v) is 8.88. The number of allylic oxidation sites excluding steroid dienone is 8. The quantitative estimate of drug-likeness (QED) is 0.474. The van der Waals surface area contributed by atoms with Crippen LogP contribution in [-0.2, 0) is 5.41 Å². The summed E-state index contributed by atoms with van der Waals surface area (Å²) in [6, 6.07) is 13.7. The van der Waals surface area contributed by atoms with Gasteiger partial charge in [0.1, 0.15) is 0 Å². The lowest BCUT2D eigenvalue weighted by molar-refractivity contribution is 0.659. The Morgan fingerprint density at radius 2 is 1.73 bits per heavy atom. The first kappa shape index (κ1) is 16.1. The molecule has 1 unspecified atom stereocenters. The predicted octanol–water partition coefficient (Wildman–Crippen LogP) is 7.21. The van der Waals surface area contributed by atoms with Crippen LogP contribution in [0.5, 0.6) is 0 Å². The molecule has 0 saturated heterocycles. The average Bonchev–Trinajstić information content (AvgIpc) is 2.88. The summed E-state index contributed by atoms with van der Waals surface area (Å²) in [4.78, 5) is 0. The second-order valence-electron chi connectivity index (χ2n) is 7.97. The number of fused-ring (bicyclic) bond motifs is 4. The summed E-state index contributed by atoms with van der Waals surface area (Å²) in [6.45, 7) is 4.68. The van der Waals surface area contributed by atoms with E-state index in [0.717, 1.165) is 10.9 Å². The van der Waals surface area contributed by atoms with E-state index in [4.69, 9.17) is 0 Å². The van der Waals surface area contributed by atoms with E-state index in [2.05, 4.69) is 103 Å². The van der Waals surface area contributed by atoms with Crippen LogP contribution in [0.3, 0.4) is 0 Å². The number of hydrogen-bond acceptors (Lipinski definition) is 0. The lowest BCUT2D eigenvalue weighted by Gasteiger charge is -2.24. The van der Waals surface area contributed by atoms with Crippen LogP contribution in [-0.4, -0.2) is 0 Å². The van der Waals surface area contributed by atoms with E-state index >= 15 is 0 Å². The Morgan fingerprint density at radius 3 is 2.58 bits per heavy atom. The first-order valence-corrected chi connectivity index (χ1v) is 10.1. The normalized spacial score (nSPS) is 21.6. The summed E-state index contributed by atoms with van der Waals surface area (Å²) in [5.74, 6) is 0.552. The minimum Gasteiger partial charge on any atom is -0.0767 e. The van der Waals surface area contributed by atoms with Gasteiger partial charge in [0, 0.05) is 15.8 Å². The van der Waals surface area contributed by atoms with Gasteiger partial charge < -0.3 is 0 Å². The molecular weight excluding hydrogens is 380 g/mol. The molecule has 128 valence electrons. The van der Waals surface area contributed by atoms with Crippen LogP contribution < -0.4 is 0 Å². The van der Waals surface area contributed by atoms with Gasteiger partial charge in [-0.1, -0.05) is 84.4 Å². The first-order valence-electron chi connectivity index (χ1n) is 9.26. The summed E-state index contributed by atoms with van der Waals surface area (Å²) in [6.07, 6.45) is 14.7. The third-order valence-corrected chi connectivity index (χ3v) is 6.55. The highest BCUT2D eigenvalue weighted by Gasteiger charge is 2.35. The van der Waals surface area contributed by atoms with Crippen molar-refractivity contribution in [3.63, 3.8) is 0 Å². The Hall–Kier alpha value is -2.12. The van der Waals surface area contributed by atoms with Crippen molar-refractivity contribution in [2.75, 3.05) is 0 Å². The SMILES string of the molecule is CC1(C)c2cc(Br)ccc2-c2ccc(C3=CCC4C=CC=CC4=C3)cc21. The summed E-state index contributed by atoms with van der Waals surface area (Å²) in [5, 5.41) is 0. The number of benzene rings is 2. The molecule has 3 aliphatic carbocycles. The molecule has 0 radical (unpaired) electrons. The predicted molar refractivity (Wildman–Crippen MR) is 114 cm³/mol. The van der Waals surface area contributed by atoms with Gasteiger partial charge in [0.25, 0.3) is 0 Å². The highest BCUT2D eigenvalue weighted by atomic mass is 79.9. The average molecular weight is 401 g/mol. The summed E-state index contributed by atoms with van der Waals surface area (Å²) >= 11 is 3.64. The smallest absolute Gasteiger partial charge is 0.0178 e. The zero-order valence-corrected chi connectivity index (χ0v) is 16.7. The fourth-order valence-corrected chi connectivity index (χ4v) is 4.91. The fraction of sp³-hybridized carbons (Fsp3) is 0.200. The molecule has 2 aromatic carbocycles. The Labute approximate surface area is 163 Å². The summed E-state index contributed by atoms with van der Waals surface area (Å²) < 4.78 is 1.15. The van der Waals surface area contributed by atoms with Gasteiger partial charge in [0.05, 0.1) is 0 Å². The molecule has 0 aromatic heterocycles. The Bertz CT molecular complexity index is 1040. The lowest BCUT2D eigenvalue weighted by atomic mass is 9.80. The summed E-state index contributed by atoms with van der Waals surface area (Å²) in [7, 11) is 0. The van der Waals surface area contributed by atoms with E-state index in [-0.39, 0.29) is 5.41 Å². The molecule has 0 bridgehead atoms. The Kier molecular flexibility index (Phi) is 3.52. The van der Waals surface area contributed by atoms with Crippen molar-refractivity contribution in [1.29, 1.82) is 0 Å². The monoisotopic (exact) mass is 400 g/mol. The van der Waals surface area contributed by atoms with E-state index in [1.54, 1.807) is 0 Å². The molecule has 0 spiro atoms. The second kappa shape index (κ2) is 5.69. The van der Waals surface area contributed by atoms with Crippen LogP contribution >= 0.6 is 15.9 Å². The van der Waals surface area contributed by atoms with Crippen molar-refractivity contribution in [3.8, 4) is 11.1 Å². The molecule has 0 aliphatic heterocycles. The number of hydrogen-bond donors (Lipinski definition) is 0. The minimum absolute atomic E-state index is 0.0306. The van der Waals surface area contributed by atoms with Crippen molar-refractivity contribution >= 4 is 21.5 Å². The third-order valence-electron chi connectivity index (χ3n) is 6.06. The van der Waals surface area contributed by atoms with E-state index in [1.807, 2.05) is 0 Å². The standard InChI is InChI=1S/C25H21Br/c1-25(2)23-14-19(18-8-7-16-5-3-4-6-17(16)13-18)9-11-21(23)22-12-10-20(26)15-24(22)25/h3-6,8-16H,7H2,1-2H3. The van der Waals surface area contributed by atoms with Gasteiger partial charge in [-0.2, -0.15) is 0 Å². The van der Waals surface area contributed by atoms with Crippen LogP contribution in [0, 0.1) is 5.92 Å². The van der Waals surface area contributed by atoms with Gasteiger partial charge >= 0.3 is 0 Å². The van der Waals surface area contributed by atoms with Crippen LogP contribution in [0.15, 0.2) is 82.9 Å². The molecule has 1 heteroatoms. The Morgan fingerprint density at radius 1 is 0.962 bits per heavy atom. The maximum atomic E-state index is 3.64. The fourth-order valence-electron chi connectivity index (χ4n) is 4.55. The van der Waals surface area contributed by atoms with Crippen molar-refractivity contribution < 1.29 is 0 Å². The molecule has 0 N–H and O–H groups in total. The highest BCUT2D eigenvalue weighted by molar-refractivity contribution is 9.10. The third kappa shape index (κ3) is 2.34. The number of halogens is 1. The van der Waals surface area contributed by atoms with Crippen molar-refractivity contribution in [2.45, 2.75) is 25.7 Å². The van der Waals surface area contributed by atoms with Crippen LogP contribution in [0.4, 0.5) is 0 Å². The topological polar surface area (TPSA) is 0 Å². The van der Waals surface area contributed by atoms with Crippen LogP contribution in [0.2, 0.25) is 0 Å². The molecule has 26 heavy (non-hydrogen) atoms. The molecule has 0 nitrogen and oxygen atoms in total. The first-order chi connectivity index (χ1) is 12.5. The van der Waals surface area contributed by atoms with Gasteiger partial charge in [0.2, 0.25) is 0 Å². The van der Waals surface area contributed by atoms with Crippen LogP contribution in [0.25, 0.3) is 16.7 Å². The van der Waals surface area contributed by atoms with E-state index in [1.165, 1.54) is 39.0 Å². The lowest BCUT2D eigenvalue weighted by Crippen LogP contribution is -2.15. The zero-order valence-electron chi connectivity index (χ0n) is 15.1. The van der Waals surface area contributed by atoms with Crippen molar-refractivity contribution in [1.82, 2.24) is 0 Å². The molecule has 5 rings (SSSR count). The molecule has 0 heterocycles. The molecule has 1 atom stereocenters. The van der Waals surface area contributed by atoms with Crippen LogP contribution in [0.1, 0.15) is 37.0 Å². The van der Waals surface area contributed by atoms with E-state index in [0.29, 0.717) is 5.92 Å². The minimum atomic E-state index is 0.0306. The maximum absolute atomic E-state index is 3.64. The summed E-state index contributed by atoms with van der Waals surface area (Å²) in [5.41, 5.74) is 9.74. The molecule has 0 fully saturated rings. The van der Waals surface area contributed by atoms with Gasteiger partial charge in [-0.25, -0.2) is 0 Å². The molecule has 2 aromatic rings.